The predicted molar refractivity (Wildman–Crippen MR) is 117 cm³/mol. The van der Waals surface area contributed by atoms with Crippen LogP contribution < -0.4 is 16.0 Å². The first-order valence-corrected chi connectivity index (χ1v) is 9.71. The lowest BCUT2D eigenvalue weighted by Gasteiger charge is -2.33. The van der Waals surface area contributed by atoms with Gasteiger partial charge in [0.1, 0.15) is 0 Å². The van der Waals surface area contributed by atoms with Crippen LogP contribution in [-0.4, -0.2) is 16.7 Å². The van der Waals surface area contributed by atoms with Crippen LogP contribution in [0.2, 0.25) is 0 Å². The molecule has 0 fully saturated rings. The first-order chi connectivity index (χ1) is 14.9. The summed E-state index contributed by atoms with van der Waals surface area (Å²) in [7, 11) is 0. The summed E-state index contributed by atoms with van der Waals surface area (Å²) in [4.78, 5) is 36.9. The van der Waals surface area contributed by atoms with Crippen molar-refractivity contribution in [3.8, 4) is 0 Å². The fourth-order valence-corrected chi connectivity index (χ4v) is 3.78. The zero-order valence-corrected chi connectivity index (χ0v) is 16.5. The summed E-state index contributed by atoms with van der Waals surface area (Å²) in [6, 6.07) is 20.7. The molecule has 156 valence electrons. The Morgan fingerprint density at radius 1 is 1.10 bits per heavy atom. The number of nitrogens with two attached hydrogens (primary N) is 1. The van der Waals surface area contributed by atoms with Gasteiger partial charge in [0.05, 0.1) is 28.8 Å². The number of primary amides is 1. The quantitative estimate of drug-likeness (QED) is 0.485. The van der Waals surface area contributed by atoms with Crippen molar-refractivity contribution in [1.29, 1.82) is 0 Å². The number of anilines is 2. The number of fused-ring (bicyclic) bond motifs is 1. The largest absolute Gasteiger partial charge is 0.366 e. The van der Waals surface area contributed by atoms with Gasteiger partial charge in [0, 0.05) is 24.2 Å². The minimum absolute atomic E-state index is 0.0163. The predicted octanol–water partition coefficient (Wildman–Crippen LogP) is 3.78. The normalized spacial score (nSPS) is 15.5. The van der Waals surface area contributed by atoms with E-state index < -0.39 is 10.8 Å². The molecule has 0 aliphatic carbocycles. The highest BCUT2D eigenvalue weighted by atomic mass is 16.6. The molecule has 0 saturated carbocycles. The van der Waals surface area contributed by atoms with Crippen molar-refractivity contribution >= 4 is 28.9 Å². The summed E-state index contributed by atoms with van der Waals surface area (Å²) >= 11 is 0. The number of hydrogen-bond donors (Lipinski definition) is 2. The first kappa shape index (κ1) is 20.1. The Labute approximate surface area is 178 Å². The molecular weight excluding hydrogens is 396 g/mol. The molecule has 1 atom stereocenters. The number of non-ortho nitro benzene ring substituents is 1. The van der Waals surface area contributed by atoms with E-state index in [-0.39, 0.29) is 24.1 Å². The van der Waals surface area contributed by atoms with Crippen LogP contribution in [0.3, 0.4) is 0 Å². The van der Waals surface area contributed by atoms with Gasteiger partial charge in [0.15, 0.2) is 0 Å². The van der Waals surface area contributed by atoms with Crippen molar-refractivity contribution in [2.75, 3.05) is 10.2 Å². The van der Waals surface area contributed by atoms with E-state index in [4.69, 9.17) is 5.73 Å². The molecule has 3 aromatic rings. The summed E-state index contributed by atoms with van der Waals surface area (Å²) in [6.45, 7) is 0.412. The van der Waals surface area contributed by atoms with Crippen LogP contribution in [0.1, 0.15) is 33.9 Å². The van der Waals surface area contributed by atoms with Crippen LogP contribution in [0.5, 0.6) is 0 Å². The molecule has 0 bridgehead atoms. The molecule has 4 rings (SSSR count). The van der Waals surface area contributed by atoms with Crippen LogP contribution in [-0.2, 0) is 11.3 Å². The Hall–Kier alpha value is -4.20. The van der Waals surface area contributed by atoms with Crippen LogP contribution in [0.4, 0.5) is 17.1 Å². The Morgan fingerprint density at radius 3 is 2.45 bits per heavy atom. The lowest BCUT2D eigenvalue weighted by atomic mass is 10.00. The van der Waals surface area contributed by atoms with Gasteiger partial charge < -0.3 is 16.0 Å². The minimum atomic E-state index is -0.581. The Morgan fingerprint density at radius 2 is 1.81 bits per heavy atom. The number of carbonyl (C=O) groups is 2. The fourth-order valence-electron chi connectivity index (χ4n) is 3.78. The zero-order chi connectivity index (χ0) is 22.0. The SMILES string of the molecule is NC(=O)c1ccc2c(c1)NC(=O)CC(c1ccccc1)N2Cc1ccc([N+](=O)[O-])cc1. The highest BCUT2D eigenvalue weighted by Crippen LogP contribution is 2.39. The summed E-state index contributed by atoms with van der Waals surface area (Å²) in [5.41, 5.74) is 8.79. The average Bonchev–Trinajstić information content (AvgIpc) is 2.90. The minimum Gasteiger partial charge on any atom is -0.366 e. The molecule has 2 amide bonds. The van der Waals surface area contributed by atoms with E-state index in [1.54, 1.807) is 30.3 Å². The topological polar surface area (TPSA) is 119 Å². The van der Waals surface area contributed by atoms with Crippen molar-refractivity contribution in [1.82, 2.24) is 0 Å². The van der Waals surface area contributed by atoms with Crippen molar-refractivity contribution in [3.63, 3.8) is 0 Å². The van der Waals surface area contributed by atoms with Gasteiger partial charge in [0.25, 0.3) is 5.69 Å². The average molecular weight is 416 g/mol. The molecule has 0 radical (unpaired) electrons. The maximum atomic E-state index is 12.7. The molecular formula is C23H20N4O4. The van der Waals surface area contributed by atoms with Gasteiger partial charge in [0.2, 0.25) is 11.8 Å². The van der Waals surface area contributed by atoms with E-state index in [1.807, 2.05) is 30.3 Å². The van der Waals surface area contributed by atoms with Crippen LogP contribution >= 0.6 is 0 Å². The second-order valence-corrected chi connectivity index (χ2v) is 7.33. The Bertz CT molecular complexity index is 1150. The third-order valence-electron chi connectivity index (χ3n) is 5.30. The first-order valence-electron chi connectivity index (χ1n) is 9.71. The van der Waals surface area contributed by atoms with Gasteiger partial charge in [-0.25, -0.2) is 0 Å². The summed E-state index contributed by atoms with van der Waals surface area (Å²) in [6.07, 6.45) is 0.206. The number of carbonyl (C=O) groups excluding carboxylic acids is 2. The number of amides is 2. The number of nitro benzene ring substituents is 1. The molecule has 1 heterocycles. The maximum absolute atomic E-state index is 12.7. The van der Waals surface area contributed by atoms with Crippen molar-refractivity contribution in [3.05, 3.63) is 99.6 Å². The third-order valence-corrected chi connectivity index (χ3v) is 5.30. The molecule has 1 aliphatic heterocycles. The maximum Gasteiger partial charge on any atom is 0.269 e. The number of nitrogens with zero attached hydrogens (tertiary/aromatic N) is 2. The molecule has 0 saturated heterocycles. The number of rotatable bonds is 5. The zero-order valence-electron chi connectivity index (χ0n) is 16.5. The van der Waals surface area contributed by atoms with Gasteiger partial charge in [-0.05, 0) is 29.3 Å². The molecule has 3 N–H and O–H groups in total. The van der Waals surface area contributed by atoms with Crippen molar-refractivity contribution in [2.24, 2.45) is 5.73 Å². The molecule has 1 unspecified atom stereocenters. The Kier molecular flexibility index (Phi) is 5.36. The lowest BCUT2D eigenvalue weighted by molar-refractivity contribution is -0.384. The van der Waals surface area contributed by atoms with Gasteiger partial charge in [-0.1, -0.05) is 42.5 Å². The van der Waals surface area contributed by atoms with Crippen LogP contribution in [0, 0.1) is 10.1 Å². The second-order valence-electron chi connectivity index (χ2n) is 7.33. The number of nitrogens with one attached hydrogen (secondary N) is 1. The van der Waals surface area contributed by atoms with E-state index in [2.05, 4.69) is 10.2 Å². The molecule has 31 heavy (non-hydrogen) atoms. The summed E-state index contributed by atoms with van der Waals surface area (Å²) < 4.78 is 0. The fraction of sp³-hybridized carbons (Fsp3) is 0.130. The molecule has 0 aromatic heterocycles. The third kappa shape index (κ3) is 4.23. The van der Waals surface area contributed by atoms with E-state index in [1.165, 1.54) is 12.1 Å². The van der Waals surface area contributed by atoms with Crippen LogP contribution in [0.25, 0.3) is 0 Å². The smallest absolute Gasteiger partial charge is 0.269 e. The Balaban J connectivity index is 1.80. The highest BCUT2D eigenvalue weighted by Gasteiger charge is 2.30. The summed E-state index contributed by atoms with van der Waals surface area (Å²) in [5.74, 6) is -0.759. The lowest BCUT2D eigenvalue weighted by Crippen LogP contribution is -2.28. The number of nitro groups is 1. The van der Waals surface area contributed by atoms with Gasteiger partial charge in [-0.15, -0.1) is 0 Å². The van der Waals surface area contributed by atoms with Gasteiger partial charge in [-0.2, -0.15) is 0 Å². The van der Waals surface area contributed by atoms with E-state index in [0.717, 1.165) is 16.8 Å². The summed E-state index contributed by atoms with van der Waals surface area (Å²) in [5, 5.41) is 13.9. The number of benzene rings is 3. The molecule has 8 nitrogen and oxygen atoms in total. The van der Waals surface area contributed by atoms with E-state index in [0.29, 0.717) is 17.8 Å². The number of hydrogen-bond acceptors (Lipinski definition) is 5. The van der Waals surface area contributed by atoms with Crippen molar-refractivity contribution in [2.45, 2.75) is 19.0 Å². The van der Waals surface area contributed by atoms with Crippen molar-refractivity contribution < 1.29 is 14.5 Å². The second kappa shape index (κ2) is 8.27. The van der Waals surface area contributed by atoms with Gasteiger partial charge >= 0.3 is 0 Å². The molecule has 3 aromatic carbocycles. The van der Waals surface area contributed by atoms with Crippen LogP contribution in [0.15, 0.2) is 72.8 Å². The molecule has 8 heteroatoms. The van der Waals surface area contributed by atoms with Gasteiger partial charge in [-0.3, -0.25) is 19.7 Å². The van der Waals surface area contributed by atoms with E-state index >= 15 is 0 Å². The van der Waals surface area contributed by atoms with E-state index in [9.17, 15) is 19.7 Å². The standard InChI is InChI=1S/C23H20N4O4/c24-23(29)17-8-11-20-19(12-17)25-22(28)13-21(16-4-2-1-3-5-16)26(20)14-15-6-9-18(10-7-15)27(30)31/h1-12,21H,13-14H2,(H2,24,29)(H,25,28). The monoisotopic (exact) mass is 416 g/mol. The highest BCUT2D eigenvalue weighted by molar-refractivity contribution is 6.00. The molecule has 0 spiro atoms. The molecule has 1 aliphatic rings.